The van der Waals surface area contributed by atoms with Crippen LogP contribution in [0.1, 0.15) is 25.7 Å². The minimum Gasteiger partial charge on any atom is -0.388 e. The summed E-state index contributed by atoms with van der Waals surface area (Å²) in [6, 6.07) is 0. The Hall–Kier alpha value is -0.210. The van der Waals surface area contributed by atoms with E-state index in [0.29, 0.717) is 38.1 Å². The lowest BCUT2D eigenvalue weighted by Gasteiger charge is -2.53. The fraction of sp³-hybridized carbons (Fsp3) is 1.00. The molecule has 0 spiro atoms. The Kier molecular flexibility index (Phi) is 3.93. The second-order valence-electron chi connectivity index (χ2n) is 10.7. The molecule has 5 saturated carbocycles. The minimum atomic E-state index is -3.32. The number of ether oxygens (including phenoxy) is 1. The van der Waals surface area contributed by atoms with E-state index in [0.717, 1.165) is 54.9 Å². The second kappa shape index (κ2) is 5.94. The molecule has 0 aromatic heterocycles. The highest BCUT2D eigenvalue weighted by Crippen LogP contribution is 2.85. The highest BCUT2D eigenvalue weighted by Gasteiger charge is 2.84. The fourth-order valence-corrected chi connectivity index (χ4v) is 11.0. The van der Waals surface area contributed by atoms with Crippen molar-refractivity contribution in [3.8, 4) is 0 Å². The first-order chi connectivity index (χ1) is 13.4. The maximum absolute atomic E-state index is 13.0. The van der Waals surface area contributed by atoms with Gasteiger partial charge in [0.15, 0.2) is 0 Å². The van der Waals surface area contributed by atoms with Crippen LogP contribution in [-0.4, -0.2) is 80.5 Å². The monoisotopic (exact) mass is 410 g/mol. The number of likely N-dealkylation sites (N-methyl/N-ethyl adjacent to an activating group) is 1. The van der Waals surface area contributed by atoms with E-state index in [2.05, 4.69) is 4.90 Å². The molecule has 1 aliphatic heterocycles. The maximum Gasteiger partial charge on any atom is 0.218 e. The summed E-state index contributed by atoms with van der Waals surface area (Å²) in [4.78, 5) is 2.29. The van der Waals surface area contributed by atoms with Crippen LogP contribution in [-0.2, 0) is 14.8 Å². The van der Waals surface area contributed by atoms with E-state index in [-0.39, 0.29) is 5.25 Å². The van der Waals surface area contributed by atoms with E-state index in [1.54, 1.807) is 14.2 Å². The molecule has 1 saturated heterocycles. The predicted molar refractivity (Wildman–Crippen MR) is 105 cm³/mol. The number of rotatable bonds is 7. The van der Waals surface area contributed by atoms with Crippen LogP contribution in [0.25, 0.3) is 0 Å². The normalized spacial score (nSPS) is 53.5. The Morgan fingerprint density at radius 2 is 1.89 bits per heavy atom. The molecule has 10 unspecified atom stereocenters. The van der Waals surface area contributed by atoms with Gasteiger partial charge >= 0.3 is 0 Å². The predicted octanol–water partition coefficient (Wildman–Crippen LogP) is 0.868. The number of fused-ring (bicyclic) bond motifs is 2. The summed E-state index contributed by atoms with van der Waals surface area (Å²) in [7, 11) is -0.0548. The SMILES string of the molecule is COCCN(C)S(=O)(=O)C1CCCN(CC2(O)C3C4CC5C6C4CC3C6C52)C1. The Morgan fingerprint density at radius 1 is 1.14 bits per heavy atom. The number of β-amino-alcohol motifs (C(OH)–C–C–N with tert-alkyl or cyclic N) is 1. The molecule has 1 N–H and O–H groups in total. The molecule has 2 bridgehead atoms. The summed E-state index contributed by atoms with van der Waals surface area (Å²) >= 11 is 0. The van der Waals surface area contributed by atoms with Gasteiger partial charge in [-0.1, -0.05) is 0 Å². The number of nitrogens with zero attached hydrogens (tertiary/aromatic N) is 2. The van der Waals surface area contributed by atoms with Crippen LogP contribution in [0.5, 0.6) is 0 Å². The first-order valence-electron chi connectivity index (χ1n) is 11.3. The minimum absolute atomic E-state index is 0.357. The van der Waals surface area contributed by atoms with E-state index in [1.807, 2.05) is 0 Å². The van der Waals surface area contributed by atoms with Crippen molar-refractivity contribution < 1.29 is 18.3 Å². The highest BCUT2D eigenvalue weighted by molar-refractivity contribution is 7.89. The van der Waals surface area contributed by atoms with E-state index in [4.69, 9.17) is 4.74 Å². The van der Waals surface area contributed by atoms with Gasteiger partial charge in [0.2, 0.25) is 10.0 Å². The van der Waals surface area contributed by atoms with Crippen LogP contribution in [0.4, 0.5) is 0 Å². The summed E-state index contributed by atoms with van der Waals surface area (Å²) < 4.78 is 32.5. The van der Waals surface area contributed by atoms with Crippen LogP contribution < -0.4 is 0 Å². The third kappa shape index (κ3) is 2.10. The van der Waals surface area contributed by atoms with Gasteiger partial charge in [0.05, 0.1) is 17.5 Å². The number of hydrogen-bond acceptors (Lipinski definition) is 5. The van der Waals surface area contributed by atoms with Gasteiger partial charge in [-0.05, 0) is 79.6 Å². The summed E-state index contributed by atoms with van der Waals surface area (Å²) in [5.74, 6) is 5.99. The molecule has 0 radical (unpaired) electrons. The van der Waals surface area contributed by atoms with Crippen molar-refractivity contribution in [1.82, 2.24) is 9.21 Å². The van der Waals surface area contributed by atoms with Crippen molar-refractivity contribution in [3.05, 3.63) is 0 Å². The van der Waals surface area contributed by atoms with Gasteiger partial charge in [0.25, 0.3) is 0 Å². The number of sulfonamides is 1. The number of aliphatic hydroxyl groups is 1. The van der Waals surface area contributed by atoms with Crippen molar-refractivity contribution in [1.29, 1.82) is 0 Å². The van der Waals surface area contributed by atoms with Gasteiger partial charge in [-0.15, -0.1) is 0 Å². The first kappa shape index (κ1) is 18.6. The zero-order valence-electron chi connectivity index (χ0n) is 17.0. The van der Waals surface area contributed by atoms with Crippen LogP contribution in [0.3, 0.4) is 0 Å². The largest absolute Gasteiger partial charge is 0.388 e. The molecule has 6 rings (SSSR count). The number of methoxy groups -OCH3 is 1. The number of piperidine rings is 1. The average molecular weight is 411 g/mol. The fourth-order valence-electron chi connectivity index (χ4n) is 9.29. The van der Waals surface area contributed by atoms with Crippen molar-refractivity contribution in [2.45, 2.75) is 36.5 Å². The Morgan fingerprint density at radius 3 is 2.68 bits per heavy atom. The van der Waals surface area contributed by atoms with Gasteiger partial charge in [-0.25, -0.2) is 12.7 Å². The zero-order valence-corrected chi connectivity index (χ0v) is 17.9. The van der Waals surface area contributed by atoms with E-state index < -0.39 is 15.6 Å². The van der Waals surface area contributed by atoms with E-state index in [9.17, 15) is 13.5 Å². The molecule has 28 heavy (non-hydrogen) atoms. The first-order valence-corrected chi connectivity index (χ1v) is 12.8. The summed E-state index contributed by atoms with van der Waals surface area (Å²) in [5, 5.41) is 11.6. The molecule has 7 heteroatoms. The molecule has 6 fully saturated rings. The van der Waals surface area contributed by atoms with Crippen molar-refractivity contribution >= 4 is 10.0 Å². The summed E-state index contributed by atoms with van der Waals surface area (Å²) in [5.41, 5.74) is -0.543. The van der Waals surface area contributed by atoms with Crippen LogP contribution in [0.15, 0.2) is 0 Å². The quantitative estimate of drug-likeness (QED) is 0.674. The summed E-state index contributed by atoms with van der Waals surface area (Å²) in [6.07, 6.45) is 4.38. The Bertz CT molecular complexity index is 768. The van der Waals surface area contributed by atoms with Gasteiger partial charge in [0, 0.05) is 33.8 Å². The van der Waals surface area contributed by atoms with Crippen LogP contribution in [0, 0.1) is 47.3 Å². The van der Waals surface area contributed by atoms with Gasteiger partial charge < -0.3 is 9.84 Å². The Balaban J connectivity index is 1.18. The van der Waals surface area contributed by atoms with Crippen LogP contribution >= 0.6 is 0 Å². The lowest BCUT2D eigenvalue weighted by Crippen LogP contribution is -2.60. The van der Waals surface area contributed by atoms with Gasteiger partial charge in [-0.3, -0.25) is 4.90 Å². The number of hydrogen-bond donors (Lipinski definition) is 1. The molecular formula is C21H34N2O4S. The standard InChI is InChI=1S/C21H34N2O4S/c1-22(6-7-27-2)28(25,26)12-4-3-5-23(10-12)11-21(24)19-14-9-15-17-13(14)8-16(19)18(17)20(15)21/h12-20,24H,3-11H2,1-2H3. The molecule has 6 nitrogen and oxygen atoms in total. The molecule has 6 aliphatic rings. The topological polar surface area (TPSA) is 70.1 Å². The molecule has 0 aromatic rings. The smallest absolute Gasteiger partial charge is 0.218 e. The maximum atomic E-state index is 13.0. The van der Waals surface area contributed by atoms with Crippen molar-refractivity contribution in [3.63, 3.8) is 0 Å². The van der Waals surface area contributed by atoms with Crippen molar-refractivity contribution in [2.75, 3.05) is 46.9 Å². The van der Waals surface area contributed by atoms with Crippen molar-refractivity contribution in [2.24, 2.45) is 47.3 Å². The van der Waals surface area contributed by atoms with E-state index in [1.165, 1.54) is 17.1 Å². The second-order valence-corrected chi connectivity index (χ2v) is 13.0. The molecular weight excluding hydrogens is 376 g/mol. The third-order valence-corrected chi connectivity index (χ3v) is 12.2. The molecule has 5 aliphatic carbocycles. The highest BCUT2D eigenvalue weighted by atomic mass is 32.2. The Labute approximate surface area is 168 Å². The van der Waals surface area contributed by atoms with Crippen LogP contribution in [0.2, 0.25) is 0 Å². The average Bonchev–Trinajstić information content (AvgIpc) is 3.18. The molecule has 0 aromatic carbocycles. The zero-order chi connectivity index (χ0) is 19.4. The number of likely N-dealkylation sites (tertiary alicyclic amines) is 1. The molecule has 10 atom stereocenters. The lowest BCUT2D eigenvalue weighted by atomic mass is 9.56. The van der Waals surface area contributed by atoms with Gasteiger partial charge in [-0.2, -0.15) is 0 Å². The van der Waals surface area contributed by atoms with E-state index >= 15 is 0 Å². The molecule has 0 amide bonds. The lowest BCUT2D eigenvalue weighted by molar-refractivity contribution is -0.143. The summed E-state index contributed by atoms with van der Waals surface area (Å²) in [6.45, 7) is 3.02. The molecule has 158 valence electrons. The molecule has 1 heterocycles. The van der Waals surface area contributed by atoms with Gasteiger partial charge in [0.1, 0.15) is 0 Å². The third-order valence-electron chi connectivity index (χ3n) is 9.92.